The molecule has 6 heteroatoms. The quantitative estimate of drug-likeness (QED) is 0.678. The summed E-state index contributed by atoms with van der Waals surface area (Å²) in [5.74, 6) is 1.21. The molecule has 0 radical (unpaired) electrons. The van der Waals surface area contributed by atoms with Gasteiger partial charge in [0.25, 0.3) is 0 Å². The molecule has 0 unspecified atom stereocenters. The van der Waals surface area contributed by atoms with E-state index >= 15 is 0 Å². The van der Waals surface area contributed by atoms with Crippen LogP contribution in [0.15, 0.2) is 30.6 Å². The average Bonchev–Trinajstić information content (AvgIpc) is 2.51. The molecule has 0 saturated heterocycles. The maximum absolute atomic E-state index is 6.11. The van der Waals surface area contributed by atoms with E-state index in [0.717, 1.165) is 12.1 Å². The average molecular weight is 287 g/mol. The number of para-hydroxylation sites is 1. The first-order valence-corrected chi connectivity index (χ1v) is 6.94. The summed E-state index contributed by atoms with van der Waals surface area (Å²) in [4.78, 5) is 8.37. The Labute approximate surface area is 124 Å². The minimum Gasteiger partial charge on any atom is -0.393 e. The fraction of sp³-hybridized carbons (Fsp3) is 0.333. The van der Waals surface area contributed by atoms with Gasteiger partial charge in [0.2, 0.25) is 0 Å². The van der Waals surface area contributed by atoms with Gasteiger partial charge in [-0.25, -0.2) is 9.97 Å². The summed E-state index contributed by atoms with van der Waals surface area (Å²) >= 11 is 0. The molecule has 2 aromatic rings. The normalized spacial score (nSPS) is 10.4. The molecule has 1 aromatic carbocycles. The fourth-order valence-electron chi connectivity index (χ4n) is 1.99. The molecule has 0 aliphatic carbocycles. The number of rotatable bonds is 7. The highest BCUT2D eigenvalue weighted by Gasteiger charge is 2.09. The number of anilines is 4. The highest BCUT2D eigenvalue weighted by molar-refractivity contribution is 5.78. The Morgan fingerprint density at radius 2 is 1.95 bits per heavy atom. The summed E-state index contributed by atoms with van der Waals surface area (Å²) in [5, 5.41) is 6.40. The second-order valence-corrected chi connectivity index (χ2v) is 4.54. The van der Waals surface area contributed by atoms with Crippen molar-refractivity contribution in [2.45, 2.75) is 13.3 Å². The first-order valence-electron chi connectivity index (χ1n) is 6.94. The lowest BCUT2D eigenvalue weighted by Crippen LogP contribution is -2.12. The Kier molecular flexibility index (Phi) is 5.34. The molecule has 0 bridgehead atoms. The fourth-order valence-corrected chi connectivity index (χ4v) is 1.99. The number of nitrogen functional groups attached to an aromatic ring is 1. The summed E-state index contributed by atoms with van der Waals surface area (Å²) in [7, 11) is 1.65. The van der Waals surface area contributed by atoms with Gasteiger partial charge in [0.05, 0.1) is 6.61 Å². The molecule has 0 atom stereocenters. The van der Waals surface area contributed by atoms with Crippen LogP contribution in [0.3, 0.4) is 0 Å². The number of aromatic nitrogens is 2. The molecule has 0 amide bonds. The standard InChI is InChI=1S/C15H21N5O/c1-3-11-6-4-5-7-12(11)20-15-13(16)14(18-10-19-15)17-8-9-21-2/h4-7,10H,3,8-9,16H2,1-2H3,(H2,17,18,19,20). The zero-order chi connectivity index (χ0) is 15.1. The number of benzene rings is 1. The number of methoxy groups -OCH3 is 1. The molecule has 0 fully saturated rings. The monoisotopic (exact) mass is 287 g/mol. The van der Waals surface area contributed by atoms with Crippen molar-refractivity contribution in [2.75, 3.05) is 36.6 Å². The maximum atomic E-state index is 6.11. The lowest BCUT2D eigenvalue weighted by atomic mass is 10.1. The van der Waals surface area contributed by atoms with E-state index in [4.69, 9.17) is 10.5 Å². The van der Waals surface area contributed by atoms with E-state index in [1.165, 1.54) is 11.9 Å². The zero-order valence-corrected chi connectivity index (χ0v) is 12.4. The number of nitrogens with zero attached hydrogens (tertiary/aromatic N) is 2. The molecule has 0 aliphatic heterocycles. The van der Waals surface area contributed by atoms with E-state index in [1.807, 2.05) is 18.2 Å². The van der Waals surface area contributed by atoms with Crippen LogP contribution in [-0.4, -0.2) is 30.2 Å². The highest BCUT2D eigenvalue weighted by atomic mass is 16.5. The van der Waals surface area contributed by atoms with Gasteiger partial charge < -0.3 is 21.1 Å². The Hall–Kier alpha value is -2.34. The Bertz CT molecular complexity index is 588. The molecule has 112 valence electrons. The molecule has 0 spiro atoms. The topological polar surface area (TPSA) is 85.1 Å². The number of ether oxygens (including phenoxy) is 1. The van der Waals surface area contributed by atoms with Crippen LogP contribution in [0.1, 0.15) is 12.5 Å². The van der Waals surface area contributed by atoms with Crippen molar-refractivity contribution in [2.24, 2.45) is 0 Å². The lowest BCUT2D eigenvalue weighted by molar-refractivity contribution is 0.210. The molecule has 1 aromatic heterocycles. The van der Waals surface area contributed by atoms with Crippen molar-refractivity contribution in [1.29, 1.82) is 0 Å². The first-order chi connectivity index (χ1) is 10.3. The van der Waals surface area contributed by atoms with Crippen LogP contribution in [0.25, 0.3) is 0 Å². The molecule has 0 saturated carbocycles. The van der Waals surface area contributed by atoms with Crippen molar-refractivity contribution in [3.05, 3.63) is 36.2 Å². The molecule has 4 N–H and O–H groups in total. The number of hydrogen-bond donors (Lipinski definition) is 3. The number of nitrogens with two attached hydrogens (primary N) is 1. The number of hydrogen-bond acceptors (Lipinski definition) is 6. The summed E-state index contributed by atoms with van der Waals surface area (Å²) in [6, 6.07) is 8.09. The lowest BCUT2D eigenvalue weighted by Gasteiger charge is -2.14. The van der Waals surface area contributed by atoms with Crippen LogP contribution in [0, 0.1) is 0 Å². The number of nitrogens with one attached hydrogen (secondary N) is 2. The van der Waals surface area contributed by atoms with Crippen LogP contribution in [0.4, 0.5) is 23.0 Å². The van der Waals surface area contributed by atoms with Crippen LogP contribution < -0.4 is 16.4 Å². The van der Waals surface area contributed by atoms with E-state index in [1.54, 1.807) is 7.11 Å². The minimum atomic E-state index is 0.500. The largest absolute Gasteiger partial charge is 0.393 e. The van der Waals surface area contributed by atoms with Crippen molar-refractivity contribution < 1.29 is 4.74 Å². The molecule has 0 aliphatic rings. The van der Waals surface area contributed by atoms with Gasteiger partial charge in [-0.3, -0.25) is 0 Å². The van der Waals surface area contributed by atoms with Crippen molar-refractivity contribution in [1.82, 2.24) is 9.97 Å². The van der Waals surface area contributed by atoms with E-state index in [-0.39, 0.29) is 0 Å². The van der Waals surface area contributed by atoms with Crippen LogP contribution in [-0.2, 0) is 11.2 Å². The predicted octanol–water partition coefficient (Wildman–Crippen LogP) is 2.42. The summed E-state index contributed by atoms with van der Waals surface area (Å²) < 4.78 is 5.00. The SMILES string of the molecule is CCc1ccccc1Nc1ncnc(NCCOC)c1N. The summed E-state index contributed by atoms with van der Waals surface area (Å²) in [6.07, 6.45) is 2.43. The molecular weight excluding hydrogens is 266 g/mol. The molecule has 2 rings (SSSR count). The van der Waals surface area contributed by atoms with Gasteiger partial charge in [-0.1, -0.05) is 25.1 Å². The van der Waals surface area contributed by atoms with Crippen molar-refractivity contribution >= 4 is 23.0 Å². The van der Waals surface area contributed by atoms with E-state index < -0.39 is 0 Å². The second kappa shape index (κ2) is 7.44. The minimum absolute atomic E-state index is 0.500. The van der Waals surface area contributed by atoms with Crippen molar-refractivity contribution in [3.8, 4) is 0 Å². The highest BCUT2D eigenvalue weighted by Crippen LogP contribution is 2.27. The van der Waals surface area contributed by atoms with Crippen LogP contribution in [0.2, 0.25) is 0 Å². The summed E-state index contributed by atoms with van der Waals surface area (Å²) in [5.41, 5.74) is 8.83. The van der Waals surface area contributed by atoms with E-state index in [9.17, 15) is 0 Å². The third-order valence-corrected chi connectivity index (χ3v) is 3.13. The van der Waals surface area contributed by atoms with Crippen molar-refractivity contribution in [3.63, 3.8) is 0 Å². The third kappa shape index (κ3) is 3.82. The molecule has 6 nitrogen and oxygen atoms in total. The van der Waals surface area contributed by atoms with E-state index in [2.05, 4.69) is 33.6 Å². The van der Waals surface area contributed by atoms with Gasteiger partial charge >= 0.3 is 0 Å². The van der Waals surface area contributed by atoms with Gasteiger partial charge in [0.15, 0.2) is 11.6 Å². The van der Waals surface area contributed by atoms with Gasteiger partial charge in [-0.15, -0.1) is 0 Å². The predicted molar refractivity (Wildman–Crippen MR) is 85.9 cm³/mol. The number of aryl methyl sites for hydroxylation is 1. The molecule has 1 heterocycles. The van der Waals surface area contributed by atoms with Crippen LogP contribution in [0.5, 0.6) is 0 Å². The van der Waals surface area contributed by atoms with Gasteiger partial charge in [-0.05, 0) is 18.1 Å². The first kappa shape index (κ1) is 15.1. The van der Waals surface area contributed by atoms with E-state index in [0.29, 0.717) is 30.5 Å². The molecular formula is C15H21N5O. The van der Waals surface area contributed by atoms with Crippen LogP contribution >= 0.6 is 0 Å². The van der Waals surface area contributed by atoms with Gasteiger partial charge in [-0.2, -0.15) is 0 Å². The van der Waals surface area contributed by atoms with Gasteiger partial charge in [0.1, 0.15) is 12.0 Å². The smallest absolute Gasteiger partial charge is 0.159 e. The Morgan fingerprint density at radius 1 is 1.19 bits per heavy atom. The maximum Gasteiger partial charge on any atom is 0.159 e. The Morgan fingerprint density at radius 3 is 2.71 bits per heavy atom. The van der Waals surface area contributed by atoms with Gasteiger partial charge in [0, 0.05) is 19.3 Å². The molecule has 21 heavy (non-hydrogen) atoms. The second-order valence-electron chi connectivity index (χ2n) is 4.54. The zero-order valence-electron chi connectivity index (χ0n) is 12.4. The summed E-state index contributed by atoms with van der Waals surface area (Å²) in [6.45, 7) is 3.34. The third-order valence-electron chi connectivity index (χ3n) is 3.13. The Balaban J connectivity index is 2.18.